The third kappa shape index (κ3) is 6.69. The molecule has 0 radical (unpaired) electrons. The minimum atomic E-state index is -4.74. The second-order valence-corrected chi connectivity index (χ2v) is 9.23. The Bertz CT molecular complexity index is 1090. The van der Waals surface area contributed by atoms with Crippen LogP contribution in [0.15, 0.2) is 66.7 Å². The predicted octanol–water partition coefficient (Wildman–Crippen LogP) is 4.74. The molecule has 0 spiro atoms. The number of anilines is 1. The number of rotatable bonds is 8. The van der Waals surface area contributed by atoms with Crippen LogP contribution < -0.4 is 9.04 Å². The van der Waals surface area contributed by atoms with Gasteiger partial charge in [0.05, 0.1) is 31.2 Å². The first-order valence-electron chi connectivity index (χ1n) is 10.7. The maximum Gasteiger partial charge on any atom is 0.573 e. The molecule has 3 aromatic carbocycles. The van der Waals surface area contributed by atoms with Gasteiger partial charge in [0.15, 0.2) is 0 Å². The molecule has 0 bridgehead atoms. The van der Waals surface area contributed by atoms with E-state index in [9.17, 15) is 17.4 Å². The molecule has 1 saturated heterocycles. The first kappa shape index (κ1) is 23.5. The smallest absolute Gasteiger partial charge is 0.406 e. The topological polar surface area (TPSA) is 42.0 Å². The quantitative estimate of drug-likeness (QED) is 0.469. The molecule has 1 unspecified atom stereocenters. The number of morpholine rings is 1. The van der Waals surface area contributed by atoms with Crippen molar-refractivity contribution in [2.75, 3.05) is 42.9 Å². The fourth-order valence-corrected chi connectivity index (χ4v) is 4.99. The summed E-state index contributed by atoms with van der Waals surface area (Å²) in [6.07, 6.45) is -4.74. The largest absolute Gasteiger partial charge is 0.573 e. The number of fused-ring (bicyclic) bond motifs is 1. The second kappa shape index (κ2) is 10.5. The molecule has 0 aliphatic carbocycles. The number of hydrogen-bond donors (Lipinski definition) is 0. The van der Waals surface area contributed by atoms with Gasteiger partial charge in [0.1, 0.15) is 16.7 Å². The molecule has 1 aliphatic heterocycles. The molecule has 0 saturated carbocycles. The van der Waals surface area contributed by atoms with E-state index >= 15 is 0 Å². The van der Waals surface area contributed by atoms with Crippen LogP contribution in [0.5, 0.6) is 5.75 Å². The van der Waals surface area contributed by atoms with E-state index in [1.165, 1.54) is 12.1 Å². The van der Waals surface area contributed by atoms with Crippen LogP contribution >= 0.6 is 0 Å². The van der Waals surface area contributed by atoms with Crippen molar-refractivity contribution < 1.29 is 26.9 Å². The summed E-state index contributed by atoms with van der Waals surface area (Å²) in [6.45, 7) is 3.95. The molecule has 1 fully saturated rings. The zero-order chi connectivity index (χ0) is 23.3. The Hall–Kier alpha value is -2.62. The van der Waals surface area contributed by atoms with E-state index in [-0.39, 0.29) is 5.75 Å². The Kier molecular flexibility index (Phi) is 7.52. The van der Waals surface area contributed by atoms with Gasteiger partial charge in [-0.3, -0.25) is 9.21 Å². The zero-order valence-corrected chi connectivity index (χ0v) is 18.8. The normalized spacial score (nSPS) is 16.0. The van der Waals surface area contributed by atoms with E-state index in [4.69, 9.17) is 4.74 Å². The molecular weight excluding hydrogens is 453 g/mol. The van der Waals surface area contributed by atoms with E-state index in [0.29, 0.717) is 32.1 Å². The van der Waals surface area contributed by atoms with Crippen molar-refractivity contribution >= 4 is 27.4 Å². The maximum atomic E-state index is 13.4. The highest BCUT2D eigenvalue weighted by atomic mass is 32.2. The molecular formula is C24H25F3N2O3S. The number of nitrogens with zero attached hydrogens (tertiary/aromatic N) is 2. The van der Waals surface area contributed by atoms with Gasteiger partial charge in [0, 0.05) is 19.6 Å². The van der Waals surface area contributed by atoms with Crippen molar-refractivity contribution in [1.82, 2.24) is 4.90 Å². The molecule has 176 valence electrons. The molecule has 33 heavy (non-hydrogen) atoms. The van der Waals surface area contributed by atoms with Crippen molar-refractivity contribution in [3.8, 4) is 5.75 Å². The van der Waals surface area contributed by atoms with E-state index in [1.807, 2.05) is 42.5 Å². The number of halogens is 3. The zero-order valence-electron chi connectivity index (χ0n) is 18.0. The van der Waals surface area contributed by atoms with Crippen LogP contribution in [0.25, 0.3) is 10.8 Å². The average Bonchev–Trinajstić information content (AvgIpc) is 2.81. The van der Waals surface area contributed by atoms with E-state index < -0.39 is 17.3 Å². The maximum absolute atomic E-state index is 13.4. The lowest BCUT2D eigenvalue weighted by Gasteiger charge is -2.29. The van der Waals surface area contributed by atoms with Crippen LogP contribution in [-0.2, 0) is 22.3 Å². The van der Waals surface area contributed by atoms with Crippen LogP contribution in [0.4, 0.5) is 18.9 Å². The summed E-state index contributed by atoms with van der Waals surface area (Å²) in [7, 11) is -1.34. The van der Waals surface area contributed by atoms with Crippen molar-refractivity contribution in [3.05, 3.63) is 72.3 Å². The number of hydrogen-bond acceptors (Lipinski definition) is 4. The highest BCUT2D eigenvalue weighted by Gasteiger charge is 2.31. The standard InChI is InChI=1S/C24H25F3N2O3S/c25-24(26,27)32-23-9-5-19(6-10-23)18-29(33(30)16-13-28-11-14-31-15-12-28)22-8-7-20-3-1-2-4-21(20)17-22/h1-10,17H,11-16,18H2. The van der Waals surface area contributed by atoms with Gasteiger partial charge in [-0.1, -0.05) is 42.5 Å². The summed E-state index contributed by atoms with van der Waals surface area (Å²) in [5.74, 6) is 0.166. The van der Waals surface area contributed by atoms with Gasteiger partial charge in [-0.05, 0) is 40.6 Å². The average molecular weight is 479 g/mol. The Morgan fingerprint density at radius 1 is 0.970 bits per heavy atom. The highest BCUT2D eigenvalue weighted by molar-refractivity contribution is 7.86. The monoisotopic (exact) mass is 478 g/mol. The number of benzene rings is 3. The molecule has 4 rings (SSSR count). The van der Waals surface area contributed by atoms with Gasteiger partial charge in [0.2, 0.25) is 0 Å². The summed E-state index contributed by atoms with van der Waals surface area (Å²) in [5, 5.41) is 2.10. The van der Waals surface area contributed by atoms with Crippen LogP contribution in [0.3, 0.4) is 0 Å². The molecule has 9 heteroatoms. The lowest BCUT2D eigenvalue weighted by Crippen LogP contribution is -2.40. The molecule has 3 aromatic rings. The minimum absolute atomic E-state index is 0.281. The predicted molar refractivity (Wildman–Crippen MR) is 124 cm³/mol. The second-order valence-electron chi connectivity index (χ2n) is 7.74. The lowest BCUT2D eigenvalue weighted by molar-refractivity contribution is -0.274. The summed E-state index contributed by atoms with van der Waals surface area (Å²) in [6, 6.07) is 19.5. The first-order valence-corrected chi connectivity index (χ1v) is 11.9. The van der Waals surface area contributed by atoms with Gasteiger partial charge in [-0.2, -0.15) is 0 Å². The van der Waals surface area contributed by atoms with Gasteiger partial charge in [-0.15, -0.1) is 13.2 Å². The van der Waals surface area contributed by atoms with Crippen LogP contribution in [0.2, 0.25) is 0 Å². The van der Waals surface area contributed by atoms with Gasteiger partial charge < -0.3 is 9.47 Å². The van der Waals surface area contributed by atoms with Crippen LogP contribution in [-0.4, -0.2) is 54.1 Å². The molecule has 0 amide bonds. The van der Waals surface area contributed by atoms with Gasteiger partial charge >= 0.3 is 6.36 Å². The van der Waals surface area contributed by atoms with Crippen molar-refractivity contribution in [2.45, 2.75) is 12.9 Å². The van der Waals surface area contributed by atoms with E-state index in [1.54, 1.807) is 16.4 Å². The Balaban J connectivity index is 1.54. The molecule has 0 N–H and O–H groups in total. The fraction of sp³-hybridized carbons (Fsp3) is 0.333. The molecule has 1 aliphatic rings. The Morgan fingerprint density at radius 3 is 2.36 bits per heavy atom. The molecule has 5 nitrogen and oxygen atoms in total. The number of alkyl halides is 3. The van der Waals surface area contributed by atoms with Crippen molar-refractivity contribution in [2.24, 2.45) is 0 Å². The van der Waals surface area contributed by atoms with E-state index in [2.05, 4.69) is 9.64 Å². The van der Waals surface area contributed by atoms with Crippen LogP contribution in [0, 0.1) is 0 Å². The minimum Gasteiger partial charge on any atom is -0.406 e. The molecule has 1 atom stereocenters. The number of ether oxygens (including phenoxy) is 2. The highest BCUT2D eigenvalue weighted by Crippen LogP contribution is 2.27. The summed E-state index contributed by atoms with van der Waals surface area (Å²) in [5.41, 5.74) is 1.53. The third-order valence-electron chi connectivity index (χ3n) is 5.44. The summed E-state index contributed by atoms with van der Waals surface area (Å²) in [4.78, 5) is 2.23. The first-order chi connectivity index (χ1) is 15.9. The Labute approximate surface area is 193 Å². The lowest BCUT2D eigenvalue weighted by atomic mass is 10.1. The van der Waals surface area contributed by atoms with E-state index in [0.717, 1.165) is 35.1 Å². The van der Waals surface area contributed by atoms with Gasteiger partial charge in [-0.25, -0.2) is 4.21 Å². The van der Waals surface area contributed by atoms with Gasteiger partial charge in [0.25, 0.3) is 0 Å². The molecule has 1 heterocycles. The van der Waals surface area contributed by atoms with Crippen molar-refractivity contribution in [3.63, 3.8) is 0 Å². The van der Waals surface area contributed by atoms with Crippen LogP contribution in [0.1, 0.15) is 5.56 Å². The summed E-state index contributed by atoms with van der Waals surface area (Å²) >= 11 is 0. The SMILES string of the molecule is O=S(CCN1CCOCC1)N(Cc1ccc(OC(F)(F)F)cc1)c1ccc2ccccc2c1. The fourth-order valence-electron chi connectivity index (χ4n) is 3.72. The third-order valence-corrected chi connectivity index (χ3v) is 6.80. The summed E-state index contributed by atoms with van der Waals surface area (Å²) < 4.78 is 61.9. The van der Waals surface area contributed by atoms with Crippen molar-refractivity contribution in [1.29, 1.82) is 0 Å². The molecule has 0 aromatic heterocycles. The Morgan fingerprint density at radius 2 is 1.67 bits per heavy atom.